The van der Waals surface area contributed by atoms with Crippen LogP contribution in [0.3, 0.4) is 0 Å². The lowest BCUT2D eigenvalue weighted by atomic mass is 9.82. The first-order valence-corrected chi connectivity index (χ1v) is 7.90. The molecular weight excluding hydrogens is 284 g/mol. The standard InChI is InChI=1S/C16H24N2O4/c1-5-16(6-2)13(19)21-15(22-14(16)20)17-12-10-8-9-11(4)18(12)7-3/h8-9,11,15H,5-7,10H2,1-4H3. The summed E-state index contributed by atoms with van der Waals surface area (Å²) in [4.78, 5) is 30.9. The van der Waals surface area contributed by atoms with Crippen LogP contribution in [0.4, 0.5) is 0 Å². The fourth-order valence-electron chi connectivity index (χ4n) is 2.94. The number of esters is 2. The summed E-state index contributed by atoms with van der Waals surface area (Å²) >= 11 is 0. The van der Waals surface area contributed by atoms with Crippen LogP contribution < -0.4 is 0 Å². The fourth-order valence-corrected chi connectivity index (χ4v) is 2.94. The van der Waals surface area contributed by atoms with E-state index in [4.69, 9.17) is 9.47 Å². The van der Waals surface area contributed by atoms with Crippen molar-refractivity contribution >= 4 is 17.8 Å². The molecule has 6 nitrogen and oxygen atoms in total. The Hall–Kier alpha value is -1.85. The van der Waals surface area contributed by atoms with Crippen molar-refractivity contribution in [2.75, 3.05) is 6.54 Å². The lowest BCUT2D eigenvalue weighted by Crippen LogP contribution is -2.50. The van der Waals surface area contributed by atoms with Gasteiger partial charge < -0.3 is 14.4 Å². The Balaban J connectivity index is 2.19. The maximum Gasteiger partial charge on any atom is 0.351 e. The van der Waals surface area contributed by atoms with Crippen molar-refractivity contribution in [3.05, 3.63) is 12.2 Å². The Morgan fingerprint density at radius 2 is 1.82 bits per heavy atom. The summed E-state index contributed by atoms with van der Waals surface area (Å²) in [6.07, 6.45) is 4.31. The summed E-state index contributed by atoms with van der Waals surface area (Å²) in [5.74, 6) is -0.306. The Kier molecular flexibility index (Phi) is 4.88. The molecule has 1 saturated heterocycles. The Morgan fingerprint density at radius 3 is 2.32 bits per heavy atom. The Morgan fingerprint density at radius 1 is 1.23 bits per heavy atom. The van der Waals surface area contributed by atoms with Crippen molar-refractivity contribution < 1.29 is 19.1 Å². The third-order valence-corrected chi connectivity index (χ3v) is 4.54. The van der Waals surface area contributed by atoms with Crippen molar-refractivity contribution in [1.29, 1.82) is 0 Å². The molecule has 2 aliphatic rings. The lowest BCUT2D eigenvalue weighted by Gasteiger charge is -2.36. The predicted molar refractivity (Wildman–Crippen MR) is 82.0 cm³/mol. The number of rotatable bonds is 4. The van der Waals surface area contributed by atoms with E-state index in [0.717, 1.165) is 12.4 Å². The molecular formula is C16H24N2O4. The Bertz CT molecular complexity index is 488. The average Bonchev–Trinajstić information content (AvgIpc) is 2.48. The van der Waals surface area contributed by atoms with Crippen molar-refractivity contribution in [2.45, 2.75) is 59.4 Å². The van der Waals surface area contributed by atoms with Gasteiger partial charge in [0, 0.05) is 19.0 Å². The molecule has 2 aliphatic heterocycles. The molecule has 1 unspecified atom stereocenters. The number of ether oxygens (including phenoxy) is 2. The van der Waals surface area contributed by atoms with E-state index in [1.54, 1.807) is 13.8 Å². The molecule has 0 aliphatic carbocycles. The van der Waals surface area contributed by atoms with Gasteiger partial charge >= 0.3 is 18.4 Å². The second-order valence-corrected chi connectivity index (χ2v) is 5.61. The quantitative estimate of drug-likeness (QED) is 0.452. The van der Waals surface area contributed by atoms with Gasteiger partial charge in [0.1, 0.15) is 5.84 Å². The monoisotopic (exact) mass is 308 g/mol. The summed E-state index contributed by atoms with van der Waals surface area (Å²) in [6.45, 7) is 8.44. The molecule has 0 radical (unpaired) electrons. The van der Waals surface area contributed by atoms with Crippen LogP contribution in [0.1, 0.15) is 47.0 Å². The van der Waals surface area contributed by atoms with Crippen LogP contribution >= 0.6 is 0 Å². The number of likely N-dealkylation sites (N-methyl/N-ethyl adjacent to an activating group) is 1. The normalized spacial score (nSPS) is 27.0. The Labute approximate surface area is 131 Å². The lowest BCUT2D eigenvalue weighted by molar-refractivity contribution is -0.222. The largest absolute Gasteiger partial charge is 0.404 e. The first kappa shape index (κ1) is 16.5. The summed E-state index contributed by atoms with van der Waals surface area (Å²) in [5.41, 5.74) is -1.18. The van der Waals surface area contributed by atoms with E-state index in [1.807, 2.05) is 13.0 Å². The number of carbonyl (C=O) groups is 2. The van der Waals surface area contributed by atoms with Crippen LogP contribution in [0.15, 0.2) is 17.1 Å². The van der Waals surface area contributed by atoms with Crippen LogP contribution in [0.2, 0.25) is 0 Å². The highest BCUT2D eigenvalue weighted by molar-refractivity contribution is 6.01. The van der Waals surface area contributed by atoms with Gasteiger partial charge in [0.05, 0.1) is 0 Å². The van der Waals surface area contributed by atoms with E-state index in [9.17, 15) is 9.59 Å². The second kappa shape index (κ2) is 6.50. The zero-order valence-electron chi connectivity index (χ0n) is 13.7. The van der Waals surface area contributed by atoms with Crippen molar-refractivity contribution in [1.82, 2.24) is 4.90 Å². The average molecular weight is 308 g/mol. The minimum atomic E-state index is -1.18. The number of hydrogen-bond donors (Lipinski definition) is 0. The number of cyclic esters (lactones) is 2. The van der Waals surface area contributed by atoms with Crippen LogP contribution in [0.5, 0.6) is 0 Å². The van der Waals surface area contributed by atoms with Crippen LogP contribution in [0, 0.1) is 5.41 Å². The van der Waals surface area contributed by atoms with Crippen molar-refractivity contribution in [3.63, 3.8) is 0 Å². The number of nitrogens with zero attached hydrogens (tertiary/aromatic N) is 2. The van der Waals surface area contributed by atoms with E-state index in [2.05, 4.69) is 22.9 Å². The van der Waals surface area contributed by atoms with Gasteiger partial charge in [0.2, 0.25) is 0 Å². The fraction of sp³-hybridized carbons (Fsp3) is 0.688. The second-order valence-electron chi connectivity index (χ2n) is 5.61. The molecule has 1 atom stereocenters. The zero-order chi connectivity index (χ0) is 16.3. The molecule has 6 heteroatoms. The third-order valence-electron chi connectivity index (χ3n) is 4.54. The molecule has 2 heterocycles. The molecule has 0 spiro atoms. The highest BCUT2D eigenvalue weighted by atomic mass is 16.7. The molecule has 0 N–H and O–H groups in total. The maximum absolute atomic E-state index is 12.2. The topological polar surface area (TPSA) is 68.2 Å². The van der Waals surface area contributed by atoms with E-state index < -0.39 is 23.8 Å². The highest BCUT2D eigenvalue weighted by Gasteiger charge is 2.51. The number of carbonyl (C=O) groups excluding carboxylic acids is 2. The van der Waals surface area contributed by atoms with Gasteiger partial charge in [-0.25, -0.2) is 0 Å². The molecule has 122 valence electrons. The minimum absolute atomic E-state index is 0.220. The maximum atomic E-state index is 12.2. The van der Waals surface area contributed by atoms with Gasteiger partial charge in [-0.2, -0.15) is 4.99 Å². The number of amidine groups is 1. The van der Waals surface area contributed by atoms with Gasteiger partial charge in [0.15, 0.2) is 5.41 Å². The molecule has 0 aromatic carbocycles. The van der Waals surface area contributed by atoms with E-state index >= 15 is 0 Å². The van der Waals surface area contributed by atoms with Gasteiger partial charge in [-0.1, -0.05) is 26.0 Å². The molecule has 2 rings (SSSR count). The minimum Gasteiger partial charge on any atom is -0.404 e. The van der Waals surface area contributed by atoms with Crippen LogP contribution in [-0.2, 0) is 19.1 Å². The highest BCUT2D eigenvalue weighted by Crippen LogP contribution is 2.34. The van der Waals surface area contributed by atoms with Gasteiger partial charge in [-0.3, -0.25) is 9.59 Å². The van der Waals surface area contributed by atoms with E-state index in [1.165, 1.54) is 0 Å². The molecule has 0 amide bonds. The van der Waals surface area contributed by atoms with Gasteiger partial charge in [0.25, 0.3) is 0 Å². The number of aliphatic imine (C=N–C) groups is 1. The van der Waals surface area contributed by atoms with Crippen molar-refractivity contribution in [2.24, 2.45) is 10.4 Å². The summed E-state index contributed by atoms with van der Waals surface area (Å²) < 4.78 is 10.5. The van der Waals surface area contributed by atoms with Crippen LogP contribution in [-0.4, -0.2) is 41.7 Å². The van der Waals surface area contributed by atoms with Gasteiger partial charge in [-0.15, -0.1) is 0 Å². The summed E-state index contributed by atoms with van der Waals surface area (Å²) in [5, 5.41) is 0. The predicted octanol–water partition coefficient (Wildman–Crippen LogP) is 2.25. The number of hydrogen-bond acceptors (Lipinski definition) is 5. The smallest absolute Gasteiger partial charge is 0.351 e. The van der Waals surface area contributed by atoms with E-state index in [-0.39, 0.29) is 6.04 Å². The molecule has 22 heavy (non-hydrogen) atoms. The molecule has 0 aromatic rings. The summed E-state index contributed by atoms with van der Waals surface area (Å²) in [6, 6.07) is 0.220. The third kappa shape index (κ3) is 2.74. The zero-order valence-corrected chi connectivity index (χ0v) is 13.7. The molecule has 1 fully saturated rings. The summed E-state index contributed by atoms with van der Waals surface area (Å²) in [7, 11) is 0. The first-order valence-electron chi connectivity index (χ1n) is 7.90. The SMILES string of the molecule is CCN1C(=NC2OC(=O)C(CC)(CC)C(=O)O2)CC=CC1C. The van der Waals surface area contributed by atoms with Crippen LogP contribution in [0.25, 0.3) is 0 Å². The first-order chi connectivity index (χ1) is 10.5. The molecule has 0 aromatic heterocycles. The molecule has 0 saturated carbocycles. The van der Waals surface area contributed by atoms with Gasteiger partial charge in [-0.05, 0) is 26.7 Å². The van der Waals surface area contributed by atoms with Crippen molar-refractivity contribution in [3.8, 4) is 0 Å². The van der Waals surface area contributed by atoms with E-state index in [0.29, 0.717) is 19.3 Å². The molecule has 0 bridgehead atoms.